The first-order valence-electron chi connectivity index (χ1n) is 9.33. The molecular weight excluding hydrogens is 324 g/mol. The van der Waals surface area contributed by atoms with Crippen LogP contribution in [0.1, 0.15) is 42.9 Å². The summed E-state index contributed by atoms with van der Waals surface area (Å²) in [4.78, 5) is 6.67. The molecular formula is C20H26N6. The van der Waals surface area contributed by atoms with Crippen LogP contribution in [0.3, 0.4) is 0 Å². The van der Waals surface area contributed by atoms with Crippen molar-refractivity contribution in [2.45, 2.75) is 51.4 Å². The van der Waals surface area contributed by atoms with Gasteiger partial charge in [0.2, 0.25) is 0 Å². The maximum atomic E-state index is 5.94. The number of rotatable bonds is 6. The second kappa shape index (κ2) is 7.13. The van der Waals surface area contributed by atoms with Gasteiger partial charge in [-0.15, -0.1) is 10.2 Å². The highest BCUT2D eigenvalue weighted by atomic mass is 15.3. The molecule has 1 aromatic carbocycles. The molecule has 6 nitrogen and oxygen atoms in total. The van der Waals surface area contributed by atoms with Gasteiger partial charge in [-0.2, -0.15) is 0 Å². The lowest BCUT2D eigenvalue weighted by atomic mass is 9.80. The lowest BCUT2D eigenvalue weighted by Gasteiger charge is -2.31. The maximum absolute atomic E-state index is 5.94. The Morgan fingerprint density at radius 1 is 1.19 bits per heavy atom. The van der Waals surface area contributed by atoms with Gasteiger partial charge in [0, 0.05) is 36.6 Å². The highest BCUT2D eigenvalue weighted by molar-refractivity contribution is 5.78. The minimum absolute atomic E-state index is 0.329. The first kappa shape index (κ1) is 17.1. The molecule has 2 N–H and O–H groups in total. The van der Waals surface area contributed by atoms with Crippen molar-refractivity contribution in [3.63, 3.8) is 0 Å². The molecule has 26 heavy (non-hydrogen) atoms. The molecule has 0 bridgehead atoms. The Labute approximate surface area is 154 Å². The number of nitrogens with two attached hydrogens (primary N) is 1. The third-order valence-electron chi connectivity index (χ3n) is 5.24. The Bertz CT molecular complexity index is 896. The smallest absolute Gasteiger partial charge is 0.147 e. The Kier molecular flexibility index (Phi) is 4.70. The summed E-state index contributed by atoms with van der Waals surface area (Å²) < 4.78 is 2.26. The molecule has 1 aliphatic rings. The summed E-state index contributed by atoms with van der Waals surface area (Å²) in [6.45, 7) is 4.71. The molecule has 1 fully saturated rings. The predicted octanol–water partition coefficient (Wildman–Crippen LogP) is 2.68. The summed E-state index contributed by atoms with van der Waals surface area (Å²) in [5, 5.41) is 10.1. The van der Waals surface area contributed by atoms with E-state index in [4.69, 9.17) is 5.73 Å². The molecule has 136 valence electrons. The number of benzene rings is 1. The molecule has 0 atom stereocenters. The predicted molar refractivity (Wildman–Crippen MR) is 103 cm³/mol. The van der Waals surface area contributed by atoms with Gasteiger partial charge in [-0.25, -0.2) is 0 Å². The van der Waals surface area contributed by atoms with E-state index in [0.717, 1.165) is 49.6 Å². The van der Waals surface area contributed by atoms with E-state index in [2.05, 4.69) is 62.9 Å². The second-order valence-electron chi connectivity index (χ2n) is 7.35. The van der Waals surface area contributed by atoms with E-state index in [-0.39, 0.29) is 0 Å². The summed E-state index contributed by atoms with van der Waals surface area (Å²) in [6.07, 6.45) is 3.89. The summed E-state index contributed by atoms with van der Waals surface area (Å²) in [7, 11) is 2.13. The Hall–Kier alpha value is -2.31. The van der Waals surface area contributed by atoms with Crippen LogP contribution in [0.5, 0.6) is 0 Å². The molecule has 0 aliphatic heterocycles. The van der Waals surface area contributed by atoms with Crippen molar-refractivity contribution in [1.82, 2.24) is 24.6 Å². The number of hydrogen-bond donors (Lipinski definition) is 1. The molecule has 0 spiro atoms. The van der Waals surface area contributed by atoms with Crippen LogP contribution in [0.25, 0.3) is 10.9 Å². The van der Waals surface area contributed by atoms with E-state index < -0.39 is 0 Å². The highest BCUT2D eigenvalue weighted by Gasteiger charge is 2.32. The first-order chi connectivity index (χ1) is 12.6. The van der Waals surface area contributed by atoms with Crippen molar-refractivity contribution < 1.29 is 0 Å². The van der Waals surface area contributed by atoms with Crippen molar-refractivity contribution in [3.05, 3.63) is 53.7 Å². The zero-order valence-electron chi connectivity index (χ0n) is 15.5. The Morgan fingerprint density at radius 2 is 2.04 bits per heavy atom. The molecule has 1 saturated carbocycles. The van der Waals surface area contributed by atoms with E-state index in [1.807, 2.05) is 12.3 Å². The van der Waals surface area contributed by atoms with Crippen molar-refractivity contribution in [3.8, 4) is 0 Å². The van der Waals surface area contributed by atoms with Gasteiger partial charge in [0.15, 0.2) is 0 Å². The quantitative estimate of drug-likeness (QED) is 0.740. The largest absolute Gasteiger partial charge is 0.328 e. The number of pyridine rings is 1. The molecule has 2 aromatic heterocycles. The minimum Gasteiger partial charge on any atom is -0.328 e. The molecule has 1 aliphatic carbocycles. The lowest BCUT2D eigenvalue weighted by molar-refractivity contribution is 0.300. The average Bonchev–Trinajstić information content (AvgIpc) is 3.00. The van der Waals surface area contributed by atoms with E-state index in [0.29, 0.717) is 12.0 Å². The van der Waals surface area contributed by atoms with Gasteiger partial charge in [-0.1, -0.05) is 12.1 Å². The van der Waals surface area contributed by atoms with E-state index in [1.54, 1.807) is 0 Å². The number of aromatic nitrogens is 4. The molecule has 4 rings (SSSR count). The fourth-order valence-electron chi connectivity index (χ4n) is 3.82. The van der Waals surface area contributed by atoms with Crippen LogP contribution in [0.4, 0.5) is 0 Å². The maximum Gasteiger partial charge on any atom is 0.147 e. The topological polar surface area (TPSA) is 72.9 Å². The van der Waals surface area contributed by atoms with Gasteiger partial charge in [0.05, 0.1) is 12.1 Å². The summed E-state index contributed by atoms with van der Waals surface area (Å²) >= 11 is 0. The van der Waals surface area contributed by atoms with Crippen LogP contribution in [-0.4, -0.2) is 37.7 Å². The monoisotopic (exact) mass is 350 g/mol. The summed E-state index contributed by atoms with van der Waals surface area (Å²) in [5.74, 6) is 2.62. The van der Waals surface area contributed by atoms with Gasteiger partial charge in [0.25, 0.3) is 0 Å². The summed E-state index contributed by atoms with van der Waals surface area (Å²) in [5.41, 5.74) is 8.25. The zero-order valence-corrected chi connectivity index (χ0v) is 15.5. The fraction of sp³-hybridized carbons (Fsp3) is 0.450. The van der Waals surface area contributed by atoms with Crippen molar-refractivity contribution in [1.29, 1.82) is 0 Å². The van der Waals surface area contributed by atoms with Crippen LogP contribution < -0.4 is 5.73 Å². The minimum atomic E-state index is 0.329. The molecule has 0 amide bonds. The average molecular weight is 350 g/mol. The van der Waals surface area contributed by atoms with Crippen LogP contribution >= 0.6 is 0 Å². The Morgan fingerprint density at radius 3 is 2.81 bits per heavy atom. The summed E-state index contributed by atoms with van der Waals surface area (Å²) in [6, 6.07) is 10.9. The third-order valence-corrected chi connectivity index (χ3v) is 5.24. The number of fused-ring (bicyclic) bond motifs is 1. The van der Waals surface area contributed by atoms with Crippen molar-refractivity contribution >= 4 is 10.9 Å². The van der Waals surface area contributed by atoms with Gasteiger partial charge in [-0.3, -0.25) is 9.88 Å². The molecule has 0 radical (unpaired) electrons. The van der Waals surface area contributed by atoms with E-state index >= 15 is 0 Å². The normalized spacial score (nSPS) is 19.8. The van der Waals surface area contributed by atoms with E-state index in [9.17, 15) is 0 Å². The molecule has 0 unspecified atom stereocenters. The van der Waals surface area contributed by atoms with Crippen LogP contribution in [0.15, 0.2) is 36.5 Å². The van der Waals surface area contributed by atoms with E-state index in [1.165, 1.54) is 10.9 Å². The van der Waals surface area contributed by atoms with Gasteiger partial charge >= 0.3 is 0 Å². The fourth-order valence-corrected chi connectivity index (χ4v) is 3.82. The second-order valence-corrected chi connectivity index (χ2v) is 7.35. The molecule has 3 aromatic rings. The molecule has 2 heterocycles. The number of nitrogens with zero attached hydrogens (tertiary/aromatic N) is 5. The van der Waals surface area contributed by atoms with Gasteiger partial charge in [-0.05, 0) is 50.6 Å². The van der Waals surface area contributed by atoms with Crippen molar-refractivity contribution in [2.75, 3.05) is 7.05 Å². The number of hydrogen-bond acceptors (Lipinski definition) is 5. The van der Waals surface area contributed by atoms with Gasteiger partial charge < -0.3 is 10.3 Å². The van der Waals surface area contributed by atoms with Crippen LogP contribution in [0, 0.1) is 0 Å². The first-order valence-corrected chi connectivity index (χ1v) is 9.33. The molecule has 6 heteroatoms. The zero-order chi connectivity index (χ0) is 18.1. The standard InChI is InChI=1S/C20H26N6/c1-3-26-19(23-24-20(26)16-10-17(21)11-16)13-25(2)12-14-6-7-18-15(9-14)5-4-8-22-18/h4-9,16-17H,3,10-13,21H2,1-2H3. The Balaban J connectivity index is 1.46. The van der Waals surface area contributed by atoms with Crippen LogP contribution in [-0.2, 0) is 19.6 Å². The van der Waals surface area contributed by atoms with Crippen molar-refractivity contribution in [2.24, 2.45) is 5.73 Å². The third kappa shape index (κ3) is 3.34. The lowest BCUT2D eigenvalue weighted by Crippen LogP contribution is -2.36. The highest BCUT2D eigenvalue weighted by Crippen LogP contribution is 2.34. The van der Waals surface area contributed by atoms with Crippen LogP contribution in [0.2, 0.25) is 0 Å². The van der Waals surface area contributed by atoms with Gasteiger partial charge in [0.1, 0.15) is 11.6 Å². The molecule has 0 saturated heterocycles. The SMILES string of the molecule is CCn1c(CN(C)Cc2ccc3ncccc3c2)nnc1C1CC(N)C1.